The van der Waals surface area contributed by atoms with Crippen molar-refractivity contribution in [2.75, 3.05) is 24.5 Å². The SMILES string of the molecule is Cc1ccc(N2CCC(C)(CN)C2)nc1. The van der Waals surface area contributed by atoms with Crippen molar-refractivity contribution >= 4 is 5.82 Å². The molecule has 1 unspecified atom stereocenters. The van der Waals surface area contributed by atoms with E-state index in [2.05, 4.69) is 35.9 Å². The number of pyridine rings is 1. The quantitative estimate of drug-likeness (QED) is 0.796. The summed E-state index contributed by atoms with van der Waals surface area (Å²) in [6.45, 7) is 7.17. The lowest BCUT2D eigenvalue weighted by atomic mass is 9.90. The lowest BCUT2D eigenvalue weighted by Crippen LogP contribution is -2.31. The minimum absolute atomic E-state index is 0.270. The zero-order chi connectivity index (χ0) is 10.9. The van der Waals surface area contributed by atoms with Gasteiger partial charge in [-0.05, 0) is 36.9 Å². The fourth-order valence-corrected chi connectivity index (χ4v) is 2.03. The molecular weight excluding hydrogens is 186 g/mol. The van der Waals surface area contributed by atoms with Gasteiger partial charge in [0.1, 0.15) is 5.82 Å². The van der Waals surface area contributed by atoms with Gasteiger partial charge >= 0.3 is 0 Å². The summed E-state index contributed by atoms with van der Waals surface area (Å²) in [7, 11) is 0. The Balaban J connectivity index is 2.11. The molecule has 0 radical (unpaired) electrons. The molecule has 82 valence electrons. The first-order chi connectivity index (χ1) is 7.13. The maximum Gasteiger partial charge on any atom is 0.128 e. The highest BCUT2D eigenvalue weighted by Crippen LogP contribution is 2.31. The van der Waals surface area contributed by atoms with Crippen LogP contribution in [0.4, 0.5) is 5.82 Å². The zero-order valence-electron chi connectivity index (χ0n) is 9.53. The normalized spacial score (nSPS) is 25.9. The third kappa shape index (κ3) is 2.12. The van der Waals surface area contributed by atoms with Crippen LogP contribution in [-0.2, 0) is 0 Å². The van der Waals surface area contributed by atoms with Crippen LogP contribution >= 0.6 is 0 Å². The predicted molar refractivity (Wildman–Crippen MR) is 63.0 cm³/mol. The number of nitrogens with two attached hydrogens (primary N) is 1. The molecule has 1 saturated heterocycles. The number of aryl methyl sites for hydroxylation is 1. The summed E-state index contributed by atoms with van der Waals surface area (Å²) in [4.78, 5) is 6.77. The van der Waals surface area contributed by atoms with Gasteiger partial charge in [0.15, 0.2) is 0 Å². The molecule has 15 heavy (non-hydrogen) atoms. The van der Waals surface area contributed by atoms with Gasteiger partial charge in [-0.25, -0.2) is 4.98 Å². The summed E-state index contributed by atoms with van der Waals surface area (Å²) in [5.74, 6) is 1.08. The molecule has 0 saturated carbocycles. The Morgan fingerprint density at radius 1 is 1.53 bits per heavy atom. The molecule has 1 aliphatic rings. The Hall–Kier alpha value is -1.09. The summed E-state index contributed by atoms with van der Waals surface area (Å²) >= 11 is 0. The Morgan fingerprint density at radius 2 is 2.33 bits per heavy atom. The van der Waals surface area contributed by atoms with Crippen LogP contribution in [0.3, 0.4) is 0 Å². The molecule has 1 aromatic rings. The molecule has 0 amide bonds. The average Bonchev–Trinajstić information content (AvgIpc) is 2.63. The van der Waals surface area contributed by atoms with E-state index in [0.717, 1.165) is 25.5 Å². The standard InChI is InChI=1S/C12H19N3/c1-10-3-4-11(14-7-10)15-6-5-12(2,8-13)9-15/h3-4,7H,5-6,8-9,13H2,1-2H3. The second-order valence-electron chi connectivity index (χ2n) is 4.88. The van der Waals surface area contributed by atoms with Crippen LogP contribution < -0.4 is 10.6 Å². The summed E-state index contributed by atoms with van der Waals surface area (Å²) in [6, 6.07) is 4.21. The topological polar surface area (TPSA) is 42.1 Å². The minimum atomic E-state index is 0.270. The number of hydrogen-bond acceptors (Lipinski definition) is 3. The second kappa shape index (κ2) is 3.81. The Kier molecular flexibility index (Phi) is 2.65. The second-order valence-corrected chi connectivity index (χ2v) is 4.88. The van der Waals surface area contributed by atoms with E-state index in [9.17, 15) is 0 Å². The van der Waals surface area contributed by atoms with Gasteiger partial charge in [-0.2, -0.15) is 0 Å². The van der Waals surface area contributed by atoms with Crippen LogP contribution in [-0.4, -0.2) is 24.6 Å². The maximum atomic E-state index is 5.79. The van der Waals surface area contributed by atoms with E-state index in [1.807, 2.05) is 6.20 Å². The average molecular weight is 205 g/mol. The fourth-order valence-electron chi connectivity index (χ4n) is 2.03. The van der Waals surface area contributed by atoms with Crippen LogP contribution in [0, 0.1) is 12.3 Å². The van der Waals surface area contributed by atoms with E-state index < -0.39 is 0 Å². The van der Waals surface area contributed by atoms with E-state index in [1.165, 1.54) is 12.0 Å². The first kappa shape index (κ1) is 10.4. The van der Waals surface area contributed by atoms with Gasteiger partial charge in [0.05, 0.1) is 0 Å². The van der Waals surface area contributed by atoms with Crippen LogP contribution in [0.5, 0.6) is 0 Å². The monoisotopic (exact) mass is 205 g/mol. The van der Waals surface area contributed by atoms with Gasteiger partial charge in [0.2, 0.25) is 0 Å². The molecule has 0 bridgehead atoms. The highest BCUT2D eigenvalue weighted by Gasteiger charge is 2.32. The fraction of sp³-hybridized carbons (Fsp3) is 0.583. The Bertz CT molecular complexity index is 333. The first-order valence-corrected chi connectivity index (χ1v) is 5.51. The number of rotatable bonds is 2. The lowest BCUT2D eigenvalue weighted by Gasteiger charge is -2.23. The van der Waals surface area contributed by atoms with Gasteiger partial charge < -0.3 is 10.6 Å². The molecular formula is C12H19N3. The number of nitrogens with zero attached hydrogens (tertiary/aromatic N) is 2. The molecule has 1 atom stereocenters. The smallest absolute Gasteiger partial charge is 0.128 e. The molecule has 0 aliphatic carbocycles. The minimum Gasteiger partial charge on any atom is -0.356 e. The van der Waals surface area contributed by atoms with E-state index in [4.69, 9.17) is 5.73 Å². The van der Waals surface area contributed by atoms with Crippen molar-refractivity contribution in [1.82, 2.24) is 4.98 Å². The predicted octanol–water partition coefficient (Wildman–Crippen LogP) is 1.57. The molecule has 2 heterocycles. The van der Waals surface area contributed by atoms with Gasteiger partial charge in [0.25, 0.3) is 0 Å². The Labute approximate surface area is 91.3 Å². The van der Waals surface area contributed by atoms with Crippen molar-refractivity contribution in [3.8, 4) is 0 Å². The van der Waals surface area contributed by atoms with Crippen molar-refractivity contribution < 1.29 is 0 Å². The summed E-state index contributed by atoms with van der Waals surface area (Å²) in [5, 5.41) is 0. The van der Waals surface area contributed by atoms with E-state index in [1.54, 1.807) is 0 Å². The maximum absolute atomic E-state index is 5.79. The summed E-state index contributed by atoms with van der Waals surface area (Å²) in [6.07, 6.45) is 3.09. The highest BCUT2D eigenvalue weighted by molar-refractivity contribution is 5.41. The van der Waals surface area contributed by atoms with E-state index >= 15 is 0 Å². The molecule has 1 fully saturated rings. The van der Waals surface area contributed by atoms with Gasteiger partial charge in [-0.15, -0.1) is 0 Å². The van der Waals surface area contributed by atoms with Crippen molar-refractivity contribution in [3.63, 3.8) is 0 Å². The number of aromatic nitrogens is 1. The number of hydrogen-bond donors (Lipinski definition) is 1. The van der Waals surface area contributed by atoms with Crippen LogP contribution in [0.2, 0.25) is 0 Å². The van der Waals surface area contributed by atoms with Gasteiger partial charge in [-0.3, -0.25) is 0 Å². The van der Waals surface area contributed by atoms with Crippen LogP contribution in [0.15, 0.2) is 18.3 Å². The largest absolute Gasteiger partial charge is 0.356 e. The molecule has 2 rings (SSSR count). The van der Waals surface area contributed by atoms with Crippen molar-refractivity contribution in [2.45, 2.75) is 20.3 Å². The molecule has 0 aromatic carbocycles. The molecule has 3 heteroatoms. The molecule has 0 spiro atoms. The number of anilines is 1. The highest BCUT2D eigenvalue weighted by atomic mass is 15.2. The van der Waals surface area contributed by atoms with Crippen LogP contribution in [0.25, 0.3) is 0 Å². The van der Waals surface area contributed by atoms with Crippen molar-refractivity contribution in [2.24, 2.45) is 11.1 Å². The third-order valence-corrected chi connectivity index (χ3v) is 3.27. The first-order valence-electron chi connectivity index (χ1n) is 5.51. The molecule has 3 nitrogen and oxygen atoms in total. The Morgan fingerprint density at radius 3 is 2.87 bits per heavy atom. The van der Waals surface area contributed by atoms with Gasteiger partial charge in [0, 0.05) is 19.3 Å². The zero-order valence-corrected chi connectivity index (χ0v) is 9.53. The van der Waals surface area contributed by atoms with Crippen molar-refractivity contribution in [3.05, 3.63) is 23.9 Å². The molecule has 1 aliphatic heterocycles. The third-order valence-electron chi connectivity index (χ3n) is 3.27. The van der Waals surface area contributed by atoms with E-state index in [0.29, 0.717) is 0 Å². The lowest BCUT2D eigenvalue weighted by molar-refractivity contribution is 0.383. The summed E-state index contributed by atoms with van der Waals surface area (Å²) < 4.78 is 0. The van der Waals surface area contributed by atoms with Crippen molar-refractivity contribution in [1.29, 1.82) is 0 Å². The van der Waals surface area contributed by atoms with E-state index in [-0.39, 0.29) is 5.41 Å². The molecule has 1 aromatic heterocycles. The van der Waals surface area contributed by atoms with Gasteiger partial charge in [-0.1, -0.05) is 13.0 Å². The summed E-state index contributed by atoms with van der Waals surface area (Å²) in [5.41, 5.74) is 7.26. The van der Waals surface area contributed by atoms with Crippen LogP contribution in [0.1, 0.15) is 18.9 Å². The molecule has 2 N–H and O–H groups in total.